The standard InChI is InChI=1S/C20H21F5N8/c1-12-5-14(30-17(28-12)20(23,24)25)32-10-19(11-32)3-4-31(9-19)15-7-26-13-6-27-33(16(13)29-15)8-18(2,21)22/h5-7H,3-4,8-11H2,1-2H3. The summed E-state index contributed by atoms with van der Waals surface area (Å²) in [6.45, 7) is 4.19. The van der Waals surface area contributed by atoms with Gasteiger partial charge in [-0.15, -0.1) is 0 Å². The third kappa shape index (κ3) is 4.15. The molecule has 0 radical (unpaired) electrons. The lowest BCUT2D eigenvalue weighted by Gasteiger charge is -2.48. The molecule has 2 saturated heterocycles. The van der Waals surface area contributed by atoms with E-state index in [2.05, 4.69) is 25.0 Å². The van der Waals surface area contributed by atoms with E-state index in [1.165, 1.54) is 13.1 Å². The molecule has 0 saturated carbocycles. The first-order valence-electron chi connectivity index (χ1n) is 10.4. The van der Waals surface area contributed by atoms with Gasteiger partial charge >= 0.3 is 6.18 Å². The normalized spacial score (nSPS) is 18.4. The van der Waals surface area contributed by atoms with Crippen molar-refractivity contribution in [3.63, 3.8) is 0 Å². The van der Waals surface area contributed by atoms with Crippen molar-refractivity contribution in [2.45, 2.75) is 38.9 Å². The minimum atomic E-state index is -4.60. The lowest BCUT2D eigenvalue weighted by molar-refractivity contribution is -0.145. The fourth-order valence-corrected chi connectivity index (χ4v) is 4.53. The first-order chi connectivity index (χ1) is 15.4. The molecular weight excluding hydrogens is 447 g/mol. The molecule has 5 heterocycles. The van der Waals surface area contributed by atoms with E-state index in [0.717, 1.165) is 18.0 Å². The number of alkyl halides is 5. The quantitative estimate of drug-likeness (QED) is 0.544. The monoisotopic (exact) mass is 468 g/mol. The Hall–Kier alpha value is -3.12. The molecule has 3 aromatic heterocycles. The molecule has 2 aliphatic rings. The van der Waals surface area contributed by atoms with Gasteiger partial charge in [0.1, 0.15) is 23.7 Å². The highest BCUT2D eigenvalue weighted by Crippen LogP contribution is 2.43. The van der Waals surface area contributed by atoms with Crippen LogP contribution in [-0.4, -0.2) is 61.8 Å². The molecule has 0 unspecified atom stereocenters. The topological polar surface area (TPSA) is 75.9 Å². The second-order valence-corrected chi connectivity index (χ2v) is 9.03. The summed E-state index contributed by atoms with van der Waals surface area (Å²) < 4.78 is 67.3. The molecule has 0 N–H and O–H groups in total. The number of aryl methyl sites for hydroxylation is 1. The van der Waals surface area contributed by atoms with Crippen LogP contribution in [0.15, 0.2) is 18.5 Å². The zero-order valence-electron chi connectivity index (χ0n) is 17.9. The Morgan fingerprint density at radius 2 is 1.70 bits per heavy atom. The van der Waals surface area contributed by atoms with Gasteiger partial charge in [0.25, 0.3) is 5.92 Å². The van der Waals surface area contributed by atoms with Crippen molar-refractivity contribution in [3.05, 3.63) is 30.0 Å². The van der Waals surface area contributed by atoms with Crippen molar-refractivity contribution < 1.29 is 22.0 Å². The number of halogens is 5. The first-order valence-corrected chi connectivity index (χ1v) is 10.4. The number of anilines is 2. The zero-order valence-corrected chi connectivity index (χ0v) is 17.9. The lowest BCUT2D eigenvalue weighted by atomic mass is 9.79. The van der Waals surface area contributed by atoms with Gasteiger partial charge in [-0.3, -0.25) is 0 Å². The van der Waals surface area contributed by atoms with Crippen LogP contribution in [-0.2, 0) is 12.7 Å². The van der Waals surface area contributed by atoms with Crippen molar-refractivity contribution in [2.75, 3.05) is 36.0 Å². The number of hydrogen-bond donors (Lipinski definition) is 0. The molecule has 0 aliphatic carbocycles. The number of rotatable bonds is 4. The molecule has 13 heteroatoms. The predicted octanol–water partition coefficient (Wildman–Crippen LogP) is 3.32. The van der Waals surface area contributed by atoms with Crippen molar-refractivity contribution in [2.24, 2.45) is 5.41 Å². The van der Waals surface area contributed by atoms with E-state index in [0.29, 0.717) is 43.2 Å². The highest BCUT2D eigenvalue weighted by molar-refractivity contribution is 5.71. The fraction of sp³-hybridized carbons (Fsp3) is 0.550. The lowest BCUT2D eigenvalue weighted by Crippen LogP contribution is -2.58. The van der Waals surface area contributed by atoms with Crippen LogP contribution < -0.4 is 9.80 Å². The third-order valence-corrected chi connectivity index (χ3v) is 5.99. The van der Waals surface area contributed by atoms with E-state index >= 15 is 0 Å². The Bertz CT molecular complexity index is 1200. The van der Waals surface area contributed by atoms with Crippen LogP contribution in [0, 0.1) is 12.3 Å². The Labute approximate surface area is 185 Å². The van der Waals surface area contributed by atoms with Crippen LogP contribution in [0.25, 0.3) is 11.2 Å². The highest BCUT2D eigenvalue weighted by Gasteiger charge is 2.49. The van der Waals surface area contributed by atoms with Crippen LogP contribution in [0.5, 0.6) is 0 Å². The highest BCUT2D eigenvalue weighted by atomic mass is 19.4. The summed E-state index contributed by atoms with van der Waals surface area (Å²) in [5.74, 6) is -3.24. The second kappa shape index (κ2) is 7.19. The average Bonchev–Trinajstić information content (AvgIpc) is 3.29. The van der Waals surface area contributed by atoms with Crippen LogP contribution in [0.3, 0.4) is 0 Å². The predicted molar refractivity (Wildman–Crippen MR) is 109 cm³/mol. The summed E-state index contributed by atoms with van der Waals surface area (Å²) in [7, 11) is 0. The molecule has 2 fully saturated rings. The summed E-state index contributed by atoms with van der Waals surface area (Å²) in [5, 5.41) is 3.97. The molecule has 176 valence electrons. The summed E-state index contributed by atoms with van der Waals surface area (Å²) in [4.78, 5) is 19.9. The number of fused-ring (bicyclic) bond motifs is 1. The van der Waals surface area contributed by atoms with Gasteiger partial charge in [0.15, 0.2) is 5.65 Å². The third-order valence-electron chi connectivity index (χ3n) is 5.99. The molecule has 0 atom stereocenters. The van der Waals surface area contributed by atoms with Gasteiger partial charge in [-0.1, -0.05) is 0 Å². The van der Waals surface area contributed by atoms with Crippen LogP contribution in [0.1, 0.15) is 24.9 Å². The van der Waals surface area contributed by atoms with Gasteiger partial charge in [-0.25, -0.2) is 33.4 Å². The molecule has 0 bridgehead atoms. The minimum absolute atomic E-state index is 0.107. The maximum absolute atomic E-state index is 13.5. The molecule has 3 aromatic rings. The minimum Gasteiger partial charge on any atom is -0.355 e. The van der Waals surface area contributed by atoms with Crippen molar-refractivity contribution >= 4 is 22.8 Å². The smallest absolute Gasteiger partial charge is 0.355 e. The van der Waals surface area contributed by atoms with Gasteiger partial charge in [-0.05, 0) is 13.3 Å². The summed E-state index contributed by atoms with van der Waals surface area (Å²) in [6.07, 6.45) is -0.770. The van der Waals surface area contributed by atoms with E-state index in [4.69, 9.17) is 0 Å². The molecule has 8 nitrogen and oxygen atoms in total. The number of aromatic nitrogens is 6. The Kier molecular flexibility index (Phi) is 4.73. The molecule has 0 amide bonds. The largest absolute Gasteiger partial charge is 0.451 e. The van der Waals surface area contributed by atoms with E-state index in [1.54, 1.807) is 12.3 Å². The SMILES string of the molecule is Cc1cc(N2CC3(CCN(c4cnc5cnn(CC(C)(F)F)c5n4)C3)C2)nc(C(F)(F)F)n1. The van der Waals surface area contributed by atoms with Crippen LogP contribution >= 0.6 is 0 Å². The second-order valence-electron chi connectivity index (χ2n) is 9.03. The Morgan fingerprint density at radius 3 is 2.39 bits per heavy atom. The first kappa shape index (κ1) is 21.7. The van der Waals surface area contributed by atoms with Crippen molar-refractivity contribution in [1.29, 1.82) is 0 Å². The number of hydrogen-bond acceptors (Lipinski definition) is 7. The van der Waals surface area contributed by atoms with Crippen LogP contribution in [0.4, 0.5) is 33.6 Å². The summed E-state index contributed by atoms with van der Waals surface area (Å²) >= 11 is 0. The Morgan fingerprint density at radius 1 is 0.970 bits per heavy atom. The zero-order chi connectivity index (χ0) is 23.6. The fourth-order valence-electron chi connectivity index (χ4n) is 4.53. The van der Waals surface area contributed by atoms with Gasteiger partial charge < -0.3 is 9.80 Å². The van der Waals surface area contributed by atoms with E-state index < -0.39 is 24.5 Å². The van der Waals surface area contributed by atoms with E-state index in [9.17, 15) is 22.0 Å². The number of nitrogens with zero attached hydrogens (tertiary/aromatic N) is 8. The van der Waals surface area contributed by atoms with Crippen molar-refractivity contribution in [1.82, 2.24) is 29.7 Å². The van der Waals surface area contributed by atoms with Crippen molar-refractivity contribution in [3.8, 4) is 0 Å². The average molecular weight is 468 g/mol. The molecule has 0 aromatic carbocycles. The summed E-state index contributed by atoms with van der Waals surface area (Å²) in [5.41, 5.74) is 0.886. The molecular formula is C20H21F5N8. The van der Waals surface area contributed by atoms with E-state index in [-0.39, 0.29) is 16.9 Å². The maximum Gasteiger partial charge on any atom is 0.451 e. The van der Waals surface area contributed by atoms with Gasteiger partial charge in [-0.2, -0.15) is 18.3 Å². The molecule has 33 heavy (non-hydrogen) atoms. The van der Waals surface area contributed by atoms with Gasteiger partial charge in [0.05, 0.1) is 12.4 Å². The van der Waals surface area contributed by atoms with Crippen LogP contribution in [0.2, 0.25) is 0 Å². The maximum atomic E-state index is 13.5. The van der Waals surface area contributed by atoms with E-state index in [1.807, 2.05) is 9.80 Å². The summed E-state index contributed by atoms with van der Waals surface area (Å²) in [6, 6.07) is 1.55. The van der Waals surface area contributed by atoms with Gasteiger partial charge in [0, 0.05) is 50.3 Å². The molecule has 5 rings (SSSR count). The Balaban J connectivity index is 1.31. The molecule has 2 aliphatic heterocycles. The molecule has 1 spiro atoms. The van der Waals surface area contributed by atoms with Gasteiger partial charge in [0.2, 0.25) is 5.82 Å².